The first-order valence-electron chi connectivity index (χ1n) is 8.23. The van der Waals surface area contributed by atoms with E-state index in [2.05, 4.69) is 24.9 Å². The molecule has 23 heavy (non-hydrogen) atoms. The quantitative estimate of drug-likeness (QED) is 0.487. The molecule has 0 aliphatic heterocycles. The summed E-state index contributed by atoms with van der Waals surface area (Å²) in [6.45, 7) is 8.72. The average Bonchev–Trinajstić information content (AvgIpc) is 2.48. The first kappa shape index (κ1) is 21.0. The molecule has 0 amide bonds. The van der Waals surface area contributed by atoms with Gasteiger partial charge in [0, 0.05) is 17.8 Å². The Morgan fingerprint density at radius 1 is 1.22 bits per heavy atom. The summed E-state index contributed by atoms with van der Waals surface area (Å²) in [5.74, 6) is 2.18. The van der Waals surface area contributed by atoms with Crippen molar-refractivity contribution in [1.29, 1.82) is 0 Å². The Labute approximate surface area is 157 Å². The fourth-order valence-corrected chi connectivity index (χ4v) is 3.48. The number of hydrogen-bond donors (Lipinski definition) is 1. The second-order valence-corrected chi connectivity index (χ2v) is 9.22. The molecule has 5 heteroatoms. The van der Waals surface area contributed by atoms with Gasteiger partial charge in [-0.1, -0.05) is 45.2 Å². The van der Waals surface area contributed by atoms with Gasteiger partial charge >= 0.3 is 35.6 Å². The van der Waals surface area contributed by atoms with Crippen molar-refractivity contribution in [3.05, 3.63) is 29.3 Å². The van der Waals surface area contributed by atoms with Crippen LogP contribution in [-0.2, 0) is 17.0 Å². The van der Waals surface area contributed by atoms with E-state index in [4.69, 9.17) is 18.6 Å². The maximum atomic E-state index is 10.6. The van der Waals surface area contributed by atoms with Crippen molar-refractivity contribution in [3.8, 4) is 5.75 Å². The van der Waals surface area contributed by atoms with Gasteiger partial charge < -0.3 is 5.11 Å². The number of halogens is 2. The van der Waals surface area contributed by atoms with Crippen LogP contribution in [0.1, 0.15) is 64.0 Å². The Morgan fingerprint density at radius 3 is 2.30 bits per heavy atom. The van der Waals surface area contributed by atoms with Crippen LogP contribution in [0.25, 0.3) is 0 Å². The van der Waals surface area contributed by atoms with Gasteiger partial charge in [0.15, 0.2) is 0 Å². The van der Waals surface area contributed by atoms with Gasteiger partial charge in [0.25, 0.3) is 0 Å². The fraction of sp³-hybridized carbons (Fsp3) is 0.611. The van der Waals surface area contributed by atoms with Crippen LogP contribution in [0.3, 0.4) is 0 Å². The molecule has 2 unspecified atom stereocenters. The number of benzene rings is 1. The van der Waals surface area contributed by atoms with Gasteiger partial charge in [0.1, 0.15) is 5.75 Å². The van der Waals surface area contributed by atoms with Crippen molar-refractivity contribution in [2.24, 2.45) is 16.8 Å². The first-order chi connectivity index (χ1) is 10.9. The van der Waals surface area contributed by atoms with E-state index in [1.165, 1.54) is 19.3 Å². The number of nitrogens with zero attached hydrogens (tertiary/aromatic N) is 1. The van der Waals surface area contributed by atoms with E-state index in [9.17, 15) is 5.11 Å². The molecule has 128 valence electrons. The van der Waals surface area contributed by atoms with Crippen LogP contribution in [0.15, 0.2) is 23.2 Å². The minimum atomic E-state index is -0.556. The van der Waals surface area contributed by atoms with Gasteiger partial charge in [0.05, 0.1) is 0 Å². The second-order valence-electron chi connectivity index (χ2n) is 6.64. The Morgan fingerprint density at radius 2 is 1.78 bits per heavy atom. The molecular weight excluding hydrogens is 365 g/mol. The third kappa shape index (κ3) is 6.42. The van der Waals surface area contributed by atoms with Crippen LogP contribution in [0.2, 0.25) is 0 Å². The molecule has 2 nitrogen and oxygen atoms in total. The first-order valence-corrected chi connectivity index (χ1v) is 12.5. The Bertz CT molecular complexity index is 498. The standard InChI is InChI=1S/C18H27NO.2ClH.Ti/c1-12(2)19-11-15-9-6-10-16(18(15)20)17-13(3)7-5-8-14(17)4;;;/h6,9-14,17,20H,5,7-8H2,1-4H3;2*1H;/q;;;+2/p-2. The topological polar surface area (TPSA) is 32.6 Å². The summed E-state index contributed by atoms with van der Waals surface area (Å²) in [5, 5.41) is 10.6. The van der Waals surface area contributed by atoms with E-state index in [0.29, 0.717) is 23.5 Å². The molecule has 1 aromatic carbocycles. The maximum absolute atomic E-state index is 10.6. The number of phenolic OH excluding ortho intramolecular Hbond substituents is 1. The van der Waals surface area contributed by atoms with E-state index >= 15 is 0 Å². The van der Waals surface area contributed by atoms with Crippen LogP contribution >= 0.6 is 18.6 Å². The van der Waals surface area contributed by atoms with E-state index < -0.39 is 17.0 Å². The number of hydrogen-bond acceptors (Lipinski definition) is 2. The van der Waals surface area contributed by atoms with E-state index in [0.717, 1.165) is 11.1 Å². The molecule has 0 saturated heterocycles. The van der Waals surface area contributed by atoms with Crippen molar-refractivity contribution in [2.75, 3.05) is 0 Å². The monoisotopic (exact) mass is 391 g/mol. The molecule has 0 radical (unpaired) electrons. The summed E-state index contributed by atoms with van der Waals surface area (Å²) in [5.41, 5.74) is 1.96. The molecule has 1 N–H and O–H groups in total. The van der Waals surface area contributed by atoms with Gasteiger partial charge in [-0.3, -0.25) is 4.99 Å². The van der Waals surface area contributed by atoms with Crippen molar-refractivity contribution in [3.63, 3.8) is 0 Å². The SMILES string of the molecule is CC(C)N=Cc1cccc(C2C(C)CCCC2C)c1O.[Cl][Ti][Cl]. The number of rotatable bonds is 3. The molecule has 0 heterocycles. The third-order valence-corrected chi connectivity index (χ3v) is 4.51. The molecule has 0 aromatic heterocycles. The molecule has 0 spiro atoms. The van der Waals surface area contributed by atoms with Crippen LogP contribution < -0.4 is 0 Å². The zero-order valence-corrected chi connectivity index (χ0v) is 17.5. The van der Waals surface area contributed by atoms with Crippen molar-refractivity contribution < 1.29 is 22.1 Å². The van der Waals surface area contributed by atoms with E-state index in [-0.39, 0.29) is 6.04 Å². The third-order valence-electron chi connectivity index (χ3n) is 4.51. The molecule has 1 fully saturated rings. The summed E-state index contributed by atoms with van der Waals surface area (Å²) in [4.78, 5) is 4.39. The van der Waals surface area contributed by atoms with Crippen LogP contribution in [0.5, 0.6) is 5.75 Å². The Kier molecular flexibility index (Phi) is 9.84. The molecule has 1 aliphatic rings. The molecule has 1 aromatic rings. The molecule has 2 atom stereocenters. The van der Waals surface area contributed by atoms with Crippen LogP contribution in [0, 0.1) is 11.8 Å². The average molecular weight is 392 g/mol. The van der Waals surface area contributed by atoms with Crippen molar-refractivity contribution in [1.82, 2.24) is 0 Å². The molecule has 0 bridgehead atoms. The zero-order chi connectivity index (χ0) is 17.4. The molecular formula is C18H27Cl2NOTi. The van der Waals surface area contributed by atoms with E-state index in [1.54, 1.807) is 0 Å². The van der Waals surface area contributed by atoms with Crippen LogP contribution in [-0.4, -0.2) is 17.4 Å². The Hall–Kier alpha value is -0.0157. The predicted molar refractivity (Wildman–Crippen MR) is 97.5 cm³/mol. The van der Waals surface area contributed by atoms with Gasteiger partial charge in [-0.2, -0.15) is 0 Å². The predicted octanol–water partition coefficient (Wildman–Crippen LogP) is 6.14. The van der Waals surface area contributed by atoms with E-state index in [1.807, 2.05) is 32.2 Å². The van der Waals surface area contributed by atoms with Gasteiger partial charge in [0.2, 0.25) is 0 Å². The summed E-state index contributed by atoms with van der Waals surface area (Å²) in [6, 6.07) is 6.34. The zero-order valence-electron chi connectivity index (χ0n) is 14.4. The normalized spacial score (nSPS) is 24.4. The molecule has 1 saturated carbocycles. The summed E-state index contributed by atoms with van der Waals surface area (Å²) < 4.78 is 0. The Balaban J connectivity index is 0.000000816. The minimum absolute atomic E-state index is 0.255. The van der Waals surface area contributed by atoms with Crippen molar-refractivity contribution in [2.45, 2.75) is 58.9 Å². The van der Waals surface area contributed by atoms with Gasteiger partial charge in [-0.15, -0.1) is 0 Å². The van der Waals surface area contributed by atoms with Crippen LogP contribution in [0.4, 0.5) is 0 Å². The molecule has 2 rings (SSSR count). The number of para-hydroxylation sites is 1. The van der Waals surface area contributed by atoms with Crippen molar-refractivity contribution >= 4 is 24.8 Å². The number of phenols is 1. The number of aromatic hydroxyl groups is 1. The summed E-state index contributed by atoms with van der Waals surface area (Å²) >= 11 is -0.556. The second kappa shape index (κ2) is 10.8. The molecule has 1 aliphatic carbocycles. The summed E-state index contributed by atoms with van der Waals surface area (Å²) in [7, 11) is 9.78. The fourth-order valence-electron chi connectivity index (χ4n) is 3.48. The van der Waals surface area contributed by atoms with Gasteiger partial charge in [-0.25, -0.2) is 0 Å². The van der Waals surface area contributed by atoms with Gasteiger partial charge in [-0.05, 0) is 43.2 Å². The number of aliphatic imine (C=N–C) groups is 1. The summed E-state index contributed by atoms with van der Waals surface area (Å²) in [6.07, 6.45) is 5.65.